The lowest BCUT2D eigenvalue weighted by molar-refractivity contribution is 0.301. The van der Waals surface area contributed by atoms with Crippen molar-refractivity contribution in [3.05, 3.63) is 47.9 Å². The van der Waals surface area contributed by atoms with Gasteiger partial charge < -0.3 is 10.2 Å². The maximum atomic E-state index is 8.57. The maximum Gasteiger partial charge on any atom is 0.158 e. The predicted octanol–water partition coefficient (Wildman–Crippen LogP) is 1.41. The van der Waals surface area contributed by atoms with E-state index in [0.717, 1.165) is 11.3 Å². The number of hydrogen-bond acceptors (Lipinski definition) is 6. The summed E-state index contributed by atoms with van der Waals surface area (Å²) in [6, 6.07) is 9.49. The molecule has 0 saturated heterocycles. The highest BCUT2D eigenvalue weighted by molar-refractivity contribution is 5.30. The van der Waals surface area contributed by atoms with Crippen LogP contribution in [0.4, 0.5) is 5.82 Å². The number of nitrogens with two attached hydrogens (primary N) is 1. The number of ether oxygens (including phenoxy) is 1. The van der Waals surface area contributed by atoms with Gasteiger partial charge in [-0.15, -0.1) is 0 Å². The lowest BCUT2D eigenvalue weighted by atomic mass is 10.2. The average molecular weight is 255 g/mol. The lowest BCUT2D eigenvalue weighted by Gasteiger charge is -2.06. The molecule has 0 fully saturated rings. The third kappa shape index (κ3) is 3.66. The van der Waals surface area contributed by atoms with E-state index < -0.39 is 0 Å². The van der Waals surface area contributed by atoms with Crippen LogP contribution in [-0.2, 0) is 13.0 Å². The van der Waals surface area contributed by atoms with Gasteiger partial charge in [-0.1, -0.05) is 12.1 Å². The van der Waals surface area contributed by atoms with E-state index >= 15 is 0 Å². The molecule has 0 aliphatic carbocycles. The minimum atomic E-state index is 0.329. The van der Waals surface area contributed by atoms with Gasteiger partial charge in [-0.3, -0.25) is 4.98 Å². The van der Waals surface area contributed by atoms with E-state index in [2.05, 4.69) is 21.5 Å². The van der Waals surface area contributed by atoms with Crippen molar-refractivity contribution in [2.75, 3.05) is 5.43 Å². The van der Waals surface area contributed by atoms with Crippen molar-refractivity contribution in [1.82, 2.24) is 9.97 Å². The van der Waals surface area contributed by atoms with Gasteiger partial charge in [-0.2, -0.15) is 5.26 Å². The van der Waals surface area contributed by atoms with Gasteiger partial charge in [0.25, 0.3) is 0 Å². The van der Waals surface area contributed by atoms with Crippen molar-refractivity contribution in [3.63, 3.8) is 0 Å². The Labute approximate surface area is 110 Å². The Hall–Kier alpha value is -2.65. The van der Waals surface area contributed by atoms with E-state index in [1.807, 2.05) is 24.3 Å². The Balaban J connectivity index is 1.92. The Morgan fingerprint density at radius 3 is 2.58 bits per heavy atom. The second-order valence-corrected chi connectivity index (χ2v) is 3.80. The topological polar surface area (TPSA) is 96.8 Å². The number of anilines is 1. The molecule has 0 saturated carbocycles. The minimum absolute atomic E-state index is 0.329. The van der Waals surface area contributed by atoms with Crippen LogP contribution in [-0.4, -0.2) is 9.97 Å². The van der Waals surface area contributed by atoms with Gasteiger partial charge in [0.05, 0.1) is 30.6 Å². The first-order chi connectivity index (χ1) is 9.31. The van der Waals surface area contributed by atoms with Crippen LogP contribution in [0.5, 0.6) is 5.75 Å². The highest BCUT2D eigenvalue weighted by Crippen LogP contribution is 2.14. The van der Waals surface area contributed by atoms with Crippen LogP contribution >= 0.6 is 0 Å². The number of nitriles is 1. The summed E-state index contributed by atoms with van der Waals surface area (Å²) in [6.45, 7) is 0.329. The van der Waals surface area contributed by atoms with Gasteiger partial charge >= 0.3 is 0 Å². The molecular weight excluding hydrogens is 242 g/mol. The standard InChI is InChI=1S/C13H13N5O/c14-6-5-10-1-3-12(4-2-10)19-9-11-7-17-13(18-15)8-16-11/h1-4,7-8H,5,9,15H2,(H,17,18). The smallest absolute Gasteiger partial charge is 0.158 e. The van der Waals surface area contributed by atoms with Gasteiger partial charge in [0.1, 0.15) is 12.4 Å². The first-order valence-corrected chi connectivity index (χ1v) is 5.68. The molecular formula is C13H13N5O. The Bertz CT molecular complexity index is 559. The summed E-state index contributed by atoms with van der Waals surface area (Å²) in [7, 11) is 0. The zero-order chi connectivity index (χ0) is 13.5. The van der Waals surface area contributed by atoms with Gasteiger partial charge in [0, 0.05) is 0 Å². The van der Waals surface area contributed by atoms with E-state index in [-0.39, 0.29) is 0 Å². The molecule has 0 aliphatic heterocycles. The van der Waals surface area contributed by atoms with E-state index in [1.165, 1.54) is 6.20 Å². The maximum absolute atomic E-state index is 8.57. The molecule has 0 amide bonds. The number of nitrogens with one attached hydrogen (secondary N) is 1. The first kappa shape index (κ1) is 12.8. The molecule has 0 unspecified atom stereocenters. The van der Waals surface area contributed by atoms with Crippen molar-refractivity contribution in [2.45, 2.75) is 13.0 Å². The van der Waals surface area contributed by atoms with Gasteiger partial charge in [-0.25, -0.2) is 10.8 Å². The largest absolute Gasteiger partial charge is 0.487 e. The molecule has 2 aromatic rings. The zero-order valence-corrected chi connectivity index (χ0v) is 10.2. The molecule has 1 aromatic heterocycles. The first-order valence-electron chi connectivity index (χ1n) is 5.68. The molecule has 3 N–H and O–H groups in total. The van der Waals surface area contributed by atoms with Crippen LogP contribution < -0.4 is 16.0 Å². The van der Waals surface area contributed by atoms with Crippen LogP contribution in [0.15, 0.2) is 36.7 Å². The quantitative estimate of drug-likeness (QED) is 0.619. The number of benzene rings is 1. The molecule has 0 aliphatic rings. The predicted molar refractivity (Wildman–Crippen MR) is 69.9 cm³/mol. The van der Waals surface area contributed by atoms with Crippen LogP contribution in [0, 0.1) is 11.3 Å². The summed E-state index contributed by atoms with van der Waals surface area (Å²) < 4.78 is 5.56. The number of rotatable bonds is 5. The lowest BCUT2D eigenvalue weighted by Crippen LogP contribution is -2.09. The van der Waals surface area contributed by atoms with Crippen molar-refractivity contribution in [1.29, 1.82) is 5.26 Å². The number of hydrogen-bond donors (Lipinski definition) is 2. The summed E-state index contributed by atoms with van der Waals surface area (Å²) in [5.41, 5.74) is 4.08. The molecule has 0 atom stereocenters. The highest BCUT2D eigenvalue weighted by Gasteiger charge is 1.99. The number of aromatic nitrogens is 2. The third-order valence-electron chi connectivity index (χ3n) is 2.45. The van der Waals surface area contributed by atoms with Crippen molar-refractivity contribution in [3.8, 4) is 11.8 Å². The minimum Gasteiger partial charge on any atom is -0.487 e. The number of nitrogen functional groups attached to an aromatic ring is 1. The van der Waals surface area contributed by atoms with Crippen molar-refractivity contribution >= 4 is 5.82 Å². The molecule has 0 spiro atoms. The highest BCUT2D eigenvalue weighted by atomic mass is 16.5. The van der Waals surface area contributed by atoms with Crippen molar-refractivity contribution < 1.29 is 4.74 Å². The normalized spacial score (nSPS) is 9.68. The molecule has 96 valence electrons. The monoisotopic (exact) mass is 255 g/mol. The fourth-order valence-corrected chi connectivity index (χ4v) is 1.46. The molecule has 0 bridgehead atoms. The number of hydrazine groups is 1. The van der Waals surface area contributed by atoms with Crippen LogP contribution in [0.1, 0.15) is 11.3 Å². The Morgan fingerprint density at radius 1 is 1.21 bits per heavy atom. The summed E-state index contributed by atoms with van der Waals surface area (Å²) >= 11 is 0. The zero-order valence-electron chi connectivity index (χ0n) is 10.2. The molecule has 0 radical (unpaired) electrons. The summed E-state index contributed by atoms with van der Waals surface area (Å²) in [4.78, 5) is 8.17. The summed E-state index contributed by atoms with van der Waals surface area (Å²) in [6.07, 6.45) is 3.53. The average Bonchev–Trinajstić information content (AvgIpc) is 2.47. The van der Waals surface area contributed by atoms with E-state index in [4.69, 9.17) is 15.8 Å². The fourth-order valence-electron chi connectivity index (χ4n) is 1.46. The second kappa shape index (κ2) is 6.33. The number of nitrogens with zero attached hydrogens (tertiary/aromatic N) is 3. The van der Waals surface area contributed by atoms with E-state index in [0.29, 0.717) is 24.5 Å². The van der Waals surface area contributed by atoms with Gasteiger partial charge in [0.15, 0.2) is 5.82 Å². The molecule has 6 nitrogen and oxygen atoms in total. The van der Waals surface area contributed by atoms with Gasteiger partial charge in [-0.05, 0) is 17.7 Å². The van der Waals surface area contributed by atoms with Crippen LogP contribution in [0.3, 0.4) is 0 Å². The summed E-state index contributed by atoms with van der Waals surface area (Å²) in [5, 5.41) is 8.57. The Morgan fingerprint density at radius 2 is 2.00 bits per heavy atom. The van der Waals surface area contributed by atoms with Crippen LogP contribution in [0.25, 0.3) is 0 Å². The van der Waals surface area contributed by atoms with Crippen molar-refractivity contribution in [2.24, 2.45) is 5.84 Å². The summed E-state index contributed by atoms with van der Waals surface area (Å²) in [5.74, 6) is 6.43. The SMILES string of the molecule is N#CCc1ccc(OCc2cnc(NN)cn2)cc1. The fraction of sp³-hybridized carbons (Fsp3) is 0.154. The molecule has 1 heterocycles. The second-order valence-electron chi connectivity index (χ2n) is 3.80. The molecule has 2 rings (SSSR count). The Kier molecular flexibility index (Phi) is 4.26. The van der Waals surface area contributed by atoms with Crippen LogP contribution in [0.2, 0.25) is 0 Å². The molecule has 1 aromatic carbocycles. The molecule has 19 heavy (non-hydrogen) atoms. The van der Waals surface area contributed by atoms with E-state index in [1.54, 1.807) is 6.20 Å². The van der Waals surface area contributed by atoms with Gasteiger partial charge in [0.2, 0.25) is 0 Å². The third-order valence-corrected chi connectivity index (χ3v) is 2.45. The molecule has 6 heteroatoms. The van der Waals surface area contributed by atoms with E-state index in [9.17, 15) is 0 Å².